The number of anilines is 2. The van der Waals surface area contributed by atoms with Crippen molar-refractivity contribution in [3.63, 3.8) is 0 Å². The quantitative estimate of drug-likeness (QED) is 0.102. The number of nitrogens with one attached hydrogen (secondary N) is 6. The van der Waals surface area contributed by atoms with Gasteiger partial charge >= 0.3 is 45.0 Å². The summed E-state index contributed by atoms with van der Waals surface area (Å²) in [7, 11) is -9.33. The Bertz CT molecular complexity index is 1930. The van der Waals surface area contributed by atoms with Crippen LogP contribution in [0.25, 0.3) is 0 Å². The summed E-state index contributed by atoms with van der Waals surface area (Å²) in [5.74, 6) is -0.290. The fourth-order valence-corrected chi connectivity index (χ4v) is 6.59. The highest BCUT2D eigenvalue weighted by Gasteiger charge is 2.30. The van der Waals surface area contributed by atoms with Crippen LogP contribution in [0.15, 0.2) is 48.5 Å². The Morgan fingerprint density at radius 1 is 0.547 bits per heavy atom. The molecule has 28 heteroatoms. The van der Waals surface area contributed by atoms with Crippen LogP contribution in [0.5, 0.6) is 0 Å². The summed E-state index contributed by atoms with van der Waals surface area (Å²) >= 11 is 0. The Labute approximate surface area is 370 Å². The number of urea groups is 2. The van der Waals surface area contributed by atoms with Gasteiger partial charge in [-0.3, -0.25) is 29.0 Å². The third-order valence-electron chi connectivity index (χ3n) is 9.64. The molecule has 2 heterocycles. The number of carbonyl (C=O) groups excluding carboxylic acids is 4. The number of amides is 6. The van der Waals surface area contributed by atoms with Crippen LogP contribution in [0.2, 0.25) is 0 Å². The molecule has 3 aliphatic rings. The van der Waals surface area contributed by atoms with Gasteiger partial charge in [-0.25, -0.2) is 19.2 Å². The van der Waals surface area contributed by atoms with E-state index in [2.05, 4.69) is 21.3 Å². The molecule has 14 N–H and O–H groups in total. The van der Waals surface area contributed by atoms with E-state index in [0.29, 0.717) is 103 Å². The summed E-state index contributed by atoms with van der Waals surface area (Å²) in [6.45, 7) is 3.86. The van der Waals surface area contributed by atoms with E-state index in [0.717, 1.165) is 24.0 Å². The number of carbonyl (C=O) groups is 4. The van der Waals surface area contributed by atoms with Crippen molar-refractivity contribution in [2.24, 2.45) is 11.5 Å². The SMILES string of the molecule is N=C(N)Nc1ccc(CNC(=O)N2CCN(C(=O)O[C@H]3CCC[C@@H](OC(=O)N4CCN(C(=O)NCc5ccc(NC(=N)N)cc5)CC4)CCC3)CC2)cc1.O=S(=O)(O)O.O=S(=O)(O)O. The molecule has 2 aromatic rings. The summed E-state index contributed by atoms with van der Waals surface area (Å²) in [4.78, 5) is 58.1. The van der Waals surface area contributed by atoms with Crippen molar-refractivity contribution in [2.75, 3.05) is 63.0 Å². The summed E-state index contributed by atoms with van der Waals surface area (Å²) in [6, 6.07) is 14.1. The standard InChI is InChI=1S/C36H52N12O6.2H2O4S/c37-31(38)43-27-11-7-25(8-12-27)23-41-33(49)45-15-19-47(20-16-45)35(51)53-29-3-1-4-30(6-2-5-29)54-36(52)48-21-17-46(18-22-48)34(50)42-24-26-9-13-28(14-10-26)44-32(39)40;2*1-5(2,3)4/h7-14,29-30H,1-6,15-24H2,(H,41,49)(H,42,50)(H4,37,38,43)(H4,39,40,44);2*(H2,1,2,3,4)/t29-,30+;;. The van der Waals surface area contributed by atoms with Gasteiger partial charge in [0.2, 0.25) is 0 Å². The summed E-state index contributed by atoms with van der Waals surface area (Å²) in [5, 5.41) is 25.8. The van der Waals surface area contributed by atoms with Crippen LogP contribution >= 0.6 is 0 Å². The zero-order chi connectivity index (χ0) is 47.5. The smallest absolute Gasteiger partial charge is 0.410 e. The average molecular weight is 945 g/mol. The molecule has 2 aliphatic heterocycles. The lowest BCUT2D eigenvalue weighted by atomic mass is 9.96. The molecule has 1 aliphatic carbocycles. The number of nitrogens with zero attached hydrogens (tertiary/aromatic N) is 4. The summed E-state index contributed by atoms with van der Waals surface area (Å²) < 4.78 is 74.9. The topological polar surface area (TPSA) is 397 Å². The van der Waals surface area contributed by atoms with E-state index in [4.69, 9.17) is 66.8 Å². The number of piperazine rings is 2. The minimum Gasteiger partial charge on any atom is -0.446 e. The van der Waals surface area contributed by atoms with Gasteiger partial charge in [-0.1, -0.05) is 24.3 Å². The predicted molar refractivity (Wildman–Crippen MR) is 231 cm³/mol. The molecule has 6 amide bonds. The van der Waals surface area contributed by atoms with E-state index < -0.39 is 20.8 Å². The van der Waals surface area contributed by atoms with Gasteiger partial charge in [0.1, 0.15) is 12.2 Å². The van der Waals surface area contributed by atoms with Gasteiger partial charge in [-0.15, -0.1) is 0 Å². The fraction of sp³-hybridized carbons (Fsp3) is 0.500. The van der Waals surface area contributed by atoms with Crippen molar-refractivity contribution >= 4 is 68.3 Å². The average Bonchev–Trinajstić information content (AvgIpc) is 3.20. The first kappa shape index (κ1) is 52.1. The lowest BCUT2D eigenvalue weighted by molar-refractivity contribution is 0.0196. The maximum Gasteiger partial charge on any atom is 0.410 e. The molecule has 1 saturated carbocycles. The normalized spacial score (nSPS) is 17.9. The van der Waals surface area contributed by atoms with E-state index in [1.807, 2.05) is 24.3 Å². The minimum absolute atomic E-state index is 0.145. The van der Waals surface area contributed by atoms with Crippen LogP contribution in [0, 0.1) is 10.8 Å². The molecule has 356 valence electrons. The van der Waals surface area contributed by atoms with Gasteiger partial charge < -0.3 is 61.8 Å². The third kappa shape index (κ3) is 21.7. The van der Waals surface area contributed by atoms with E-state index >= 15 is 0 Å². The van der Waals surface area contributed by atoms with Crippen LogP contribution in [0.3, 0.4) is 0 Å². The molecule has 0 bridgehead atoms. The van der Waals surface area contributed by atoms with Crippen LogP contribution in [0.1, 0.15) is 49.7 Å². The maximum atomic E-state index is 13.0. The van der Waals surface area contributed by atoms with Crippen molar-refractivity contribution in [2.45, 2.75) is 63.8 Å². The number of hydrogen-bond acceptors (Lipinski definition) is 12. The molecule has 0 spiro atoms. The van der Waals surface area contributed by atoms with Crippen molar-refractivity contribution < 1.29 is 63.7 Å². The first-order valence-corrected chi connectivity index (χ1v) is 22.6. The van der Waals surface area contributed by atoms with Crippen molar-refractivity contribution in [1.82, 2.24) is 30.2 Å². The molecule has 26 nitrogen and oxygen atoms in total. The monoisotopic (exact) mass is 944 g/mol. The Morgan fingerprint density at radius 3 is 1.08 bits per heavy atom. The summed E-state index contributed by atoms with van der Waals surface area (Å²) in [5.41, 5.74) is 13.9. The van der Waals surface area contributed by atoms with E-state index in [1.54, 1.807) is 43.9 Å². The Kier molecular flexibility index (Phi) is 20.5. The van der Waals surface area contributed by atoms with E-state index in [-0.39, 0.29) is 48.4 Å². The van der Waals surface area contributed by atoms with Crippen molar-refractivity contribution in [1.29, 1.82) is 10.8 Å². The van der Waals surface area contributed by atoms with Gasteiger partial charge in [0.25, 0.3) is 0 Å². The van der Waals surface area contributed by atoms with Gasteiger partial charge in [-0.2, -0.15) is 16.8 Å². The highest BCUT2D eigenvalue weighted by molar-refractivity contribution is 7.80. The van der Waals surface area contributed by atoms with Crippen molar-refractivity contribution in [3.8, 4) is 0 Å². The molecule has 0 unspecified atom stereocenters. The Morgan fingerprint density at radius 2 is 0.812 bits per heavy atom. The number of hydrogen-bond donors (Lipinski definition) is 12. The largest absolute Gasteiger partial charge is 0.446 e. The fourth-order valence-electron chi connectivity index (χ4n) is 6.59. The first-order valence-electron chi connectivity index (χ1n) is 19.8. The molecule has 3 fully saturated rings. The molecule has 0 atom stereocenters. The summed E-state index contributed by atoms with van der Waals surface area (Å²) in [6.07, 6.45) is 3.07. The second kappa shape index (κ2) is 25.2. The highest BCUT2D eigenvalue weighted by atomic mass is 32.3. The minimum atomic E-state index is -4.67. The molecular formula is C36H56N12O14S2. The number of ether oxygens (including phenoxy) is 2. The second-order valence-corrected chi connectivity index (χ2v) is 16.3. The first-order chi connectivity index (χ1) is 30.0. The molecule has 2 aromatic carbocycles. The molecule has 5 rings (SSSR count). The molecule has 0 aromatic heterocycles. The van der Waals surface area contributed by atoms with Crippen LogP contribution in [-0.2, 0) is 43.4 Å². The number of rotatable bonds is 8. The lowest BCUT2D eigenvalue weighted by Gasteiger charge is -2.36. The number of nitrogens with two attached hydrogens (primary N) is 2. The van der Waals surface area contributed by atoms with E-state index in [1.165, 1.54) is 0 Å². The molecular weight excluding hydrogens is 889 g/mol. The van der Waals surface area contributed by atoms with Crippen LogP contribution < -0.4 is 32.7 Å². The van der Waals surface area contributed by atoms with Gasteiger partial charge in [0, 0.05) is 76.8 Å². The van der Waals surface area contributed by atoms with Crippen LogP contribution in [0.4, 0.5) is 30.6 Å². The maximum absolute atomic E-state index is 13.0. The molecule has 0 radical (unpaired) electrons. The van der Waals surface area contributed by atoms with Crippen molar-refractivity contribution in [3.05, 3.63) is 59.7 Å². The van der Waals surface area contributed by atoms with Gasteiger partial charge in [-0.05, 0) is 73.9 Å². The second-order valence-electron chi connectivity index (χ2n) is 14.5. The van der Waals surface area contributed by atoms with E-state index in [9.17, 15) is 19.2 Å². The Hall–Kier alpha value is -6.20. The predicted octanol–water partition coefficient (Wildman–Crippen LogP) is 1.71. The van der Waals surface area contributed by atoms with Gasteiger partial charge in [0.15, 0.2) is 11.9 Å². The molecule has 64 heavy (non-hydrogen) atoms. The number of benzene rings is 2. The van der Waals surface area contributed by atoms with Crippen LogP contribution in [-0.4, -0.2) is 155 Å². The van der Waals surface area contributed by atoms with Gasteiger partial charge in [0.05, 0.1) is 0 Å². The lowest BCUT2D eigenvalue weighted by Crippen LogP contribution is -2.53. The number of guanidine groups is 2. The zero-order valence-corrected chi connectivity index (χ0v) is 36.4. The third-order valence-corrected chi connectivity index (χ3v) is 9.64. The highest BCUT2D eigenvalue weighted by Crippen LogP contribution is 2.24. The zero-order valence-electron chi connectivity index (χ0n) is 34.7. The molecule has 2 saturated heterocycles. The Balaban J connectivity index is 0.000000979.